The van der Waals surface area contributed by atoms with Crippen LogP contribution < -0.4 is 15.5 Å². The number of urea groups is 1. The fourth-order valence-corrected chi connectivity index (χ4v) is 3.58. The molecular formula is C19H27N5O. The molecule has 0 bridgehead atoms. The van der Waals surface area contributed by atoms with Crippen molar-refractivity contribution in [2.75, 3.05) is 18.0 Å². The van der Waals surface area contributed by atoms with Crippen LogP contribution in [0.3, 0.4) is 0 Å². The number of carbonyl (C=O) groups excluding carboxylic acids is 1. The first-order chi connectivity index (χ1) is 11.9. The molecule has 0 aliphatic carbocycles. The number of hydrogen-bond donors (Lipinski definition) is 2. The van der Waals surface area contributed by atoms with Crippen LogP contribution in [0.4, 0.5) is 10.5 Å². The van der Waals surface area contributed by atoms with Crippen molar-refractivity contribution in [1.29, 1.82) is 0 Å². The molecule has 6 nitrogen and oxygen atoms in total. The Hall–Kier alpha value is -2.50. The van der Waals surface area contributed by atoms with Gasteiger partial charge in [-0.2, -0.15) is 5.10 Å². The van der Waals surface area contributed by atoms with E-state index < -0.39 is 0 Å². The quantitative estimate of drug-likeness (QED) is 0.898. The summed E-state index contributed by atoms with van der Waals surface area (Å²) in [7, 11) is 1.91. The first kappa shape index (κ1) is 17.3. The van der Waals surface area contributed by atoms with Crippen LogP contribution in [0, 0.1) is 20.8 Å². The Morgan fingerprint density at radius 1 is 1.28 bits per heavy atom. The van der Waals surface area contributed by atoms with Gasteiger partial charge in [0.2, 0.25) is 0 Å². The van der Waals surface area contributed by atoms with Crippen molar-refractivity contribution >= 4 is 11.7 Å². The molecule has 1 saturated heterocycles. The lowest BCUT2D eigenvalue weighted by molar-refractivity contribution is 0.237. The van der Waals surface area contributed by atoms with Gasteiger partial charge in [-0.25, -0.2) is 4.79 Å². The molecule has 2 heterocycles. The predicted molar refractivity (Wildman–Crippen MR) is 99.9 cm³/mol. The van der Waals surface area contributed by atoms with Crippen molar-refractivity contribution in [3.63, 3.8) is 0 Å². The van der Waals surface area contributed by atoms with Gasteiger partial charge in [-0.3, -0.25) is 4.68 Å². The van der Waals surface area contributed by atoms with Crippen LogP contribution in [0.5, 0.6) is 0 Å². The van der Waals surface area contributed by atoms with Gasteiger partial charge in [-0.05, 0) is 43.9 Å². The number of anilines is 1. The van der Waals surface area contributed by atoms with Crippen molar-refractivity contribution in [2.45, 2.75) is 39.8 Å². The maximum atomic E-state index is 12.3. The highest BCUT2D eigenvalue weighted by atomic mass is 16.2. The number of amides is 2. The Labute approximate surface area is 149 Å². The van der Waals surface area contributed by atoms with Gasteiger partial charge < -0.3 is 15.5 Å². The Bertz CT molecular complexity index is 744. The van der Waals surface area contributed by atoms with E-state index in [2.05, 4.69) is 53.5 Å². The van der Waals surface area contributed by atoms with Crippen LogP contribution in [0.15, 0.2) is 24.5 Å². The van der Waals surface area contributed by atoms with Crippen molar-refractivity contribution in [2.24, 2.45) is 7.05 Å². The largest absolute Gasteiger partial charge is 0.367 e. The third kappa shape index (κ3) is 4.13. The first-order valence-electron chi connectivity index (χ1n) is 8.77. The number of hydrogen-bond acceptors (Lipinski definition) is 3. The zero-order valence-corrected chi connectivity index (χ0v) is 15.5. The Kier molecular flexibility index (Phi) is 4.97. The van der Waals surface area contributed by atoms with Gasteiger partial charge in [-0.15, -0.1) is 0 Å². The van der Waals surface area contributed by atoms with Gasteiger partial charge in [-0.1, -0.05) is 17.7 Å². The summed E-state index contributed by atoms with van der Waals surface area (Å²) in [5, 5.41) is 10.3. The molecular weight excluding hydrogens is 314 g/mol. The number of rotatable bonds is 4. The van der Waals surface area contributed by atoms with Gasteiger partial charge in [0.05, 0.1) is 11.9 Å². The van der Waals surface area contributed by atoms with Gasteiger partial charge in [0, 0.05) is 38.9 Å². The first-order valence-corrected chi connectivity index (χ1v) is 8.77. The van der Waals surface area contributed by atoms with Crippen molar-refractivity contribution in [3.8, 4) is 0 Å². The number of carbonyl (C=O) groups is 1. The van der Waals surface area contributed by atoms with E-state index in [1.807, 2.05) is 19.4 Å². The summed E-state index contributed by atoms with van der Waals surface area (Å²) >= 11 is 0. The minimum Gasteiger partial charge on any atom is -0.367 e. The monoisotopic (exact) mass is 341 g/mol. The molecule has 134 valence electrons. The molecule has 1 aliphatic heterocycles. The average molecular weight is 341 g/mol. The topological polar surface area (TPSA) is 62.2 Å². The lowest BCUT2D eigenvalue weighted by atomic mass is 10.00. The van der Waals surface area contributed by atoms with E-state index in [-0.39, 0.29) is 12.1 Å². The second-order valence-corrected chi connectivity index (χ2v) is 7.01. The number of benzene rings is 1. The van der Waals surface area contributed by atoms with Crippen molar-refractivity contribution in [3.05, 3.63) is 46.8 Å². The number of nitrogens with zero attached hydrogens (tertiary/aromatic N) is 3. The molecule has 1 unspecified atom stereocenters. The van der Waals surface area contributed by atoms with Crippen LogP contribution in [-0.2, 0) is 13.6 Å². The van der Waals surface area contributed by atoms with E-state index >= 15 is 0 Å². The Morgan fingerprint density at radius 3 is 2.64 bits per heavy atom. The minimum absolute atomic E-state index is 0.0996. The van der Waals surface area contributed by atoms with Gasteiger partial charge in [0.25, 0.3) is 0 Å². The standard InChI is InChI=1S/C19H27N5O/c1-13-7-14(2)18(15(3)8-13)10-20-19(25)22-16-5-6-24(11-16)17-9-21-23(4)12-17/h7-9,12,16H,5-6,10-11H2,1-4H3,(H2,20,22,25). The molecule has 25 heavy (non-hydrogen) atoms. The normalized spacial score (nSPS) is 17.0. The van der Waals surface area contributed by atoms with Gasteiger partial charge in [0.1, 0.15) is 0 Å². The molecule has 2 N–H and O–H groups in total. The molecule has 1 aromatic heterocycles. The van der Waals surface area contributed by atoms with Crippen LogP contribution >= 0.6 is 0 Å². The smallest absolute Gasteiger partial charge is 0.315 e. The molecule has 0 saturated carbocycles. The van der Waals surface area contributed by atoms with E-state index in [1.54, 1.807) is 4.68 Å². The molecule has 3 rings (SSSR count). The highest BCUT2D eigenvalue weighted by Crippen LogP contribution is 2.19. The summed E-state index contributed by atoms with van der Waals surface area (Å²) in [5.41, 5.74) is 6.01. The highest BCUT2D eigenvalue weighted by Gasteiger charge is 2.24. The SMILES string of the molecule is Cc1cc(C)c(CNC(=O)NC2CCN(c3cnn(C)c3)C2)c(C)c1. The average Bonchev–Trinajstić information content (AvgIpc) is 3.15. The molecule has 6 heteroatoms. The van der Waals surface area contributed by atoms with Gasteiger partial charge >= 0.3 is 6.03 Å². The molecule has 2 aromatic rings. The third-order valence-corrected chi connectivity index (χ3v) is 4.85. The number of aryl methyl sites for hydroxylation is 4. The molecule has 1 aromatic carbocycles. The fourth-order valence-electron chi connectivity index (χ4n) is 3.58. The second-order valence-electron chi connectivity index (χ2n) is 7.01. The number of nitrogens with one attached hydrogen (secondary N) is 2. The van der Waals surface area contributed by atoms with E-state index in [1.165, 1.54) is 22.3 Å². The molecule has 0 radical (unpaired) electrons. The number of aromatic nitrogens is 2. The summed E-state index contributed by atoms with van der Waals surface area (Å²) in [4.78, 5) is 14.5. The Morgan fingerprint density at radius 2 is 2.00 bits per heavy atom. The maximum Gasteiger partial charge on any atom is 0.315 e. The zero-order chi connectivity index (χ0) is 18.0. The molecule has 1 fully saturated rings. The van der Waals surface area contributed by atoms with E-state index in [9.17, 15) is 4.79 Å². The van der Waals surface area contributed by atoms with Gasteiger partial charge in [0.15, 0.2) is 0 Å². The van der Waals surface area contributed by atoms with Crippen LogP contribution in [0.1, 0.15) is 28.7 Å². The van der Waals surface area contributed by atoms with E-state index in [0.717, 1.165) is 25.2 Å². The summed E-state index contributed by atoms with van der Waals surface area (Å²) < 4.78 is 1.80. The second kappa shape index (κ2) is 7.17. The van der Waals surface area contributed by atoms with Crippen molar-refractivity contribution < 1.29 is 4.79 Å². The van der Waals surface area contributed by atoms with E-state index in [4.69, 9.17) is 0 Å². The third-order valence-electron chi connectivity index (χ3n) is 4.85. The summed E-state index contributed by atoms with van der Waals surface area (Å²) in [6.45, 7) is 8.60. The van der Waals surface area contributed by atoms with E-state index in [0.29, 0.717) is 6.54 Å². The summed E-state index contributed by atoms with van der Waals surface area (Å²) in [5.74, 6) is 0. The van der Waals surface area contributed by atoms with Crippen LogP contribution in [0.2, 0.25) is 0 Å². The fraction of sp³-hybridized carbons (Fsp3) is 0.474. The lowest BCUT2D eigenvalue weighted by Gasteiger charge is -2.18. The molecule has 1 aliphatic rings. The molecule has 1 atom stereocenters. The maximum absolute atomic E-state index is 12.3. The Balaban J connectivity index is 1.50. The van der Waals surface area contributed by atoms with Crippen LogP contribution in [0.25, 0.3) is 0 Å². The zero-order valence-electron chi connectivity index (χ0n) is 15.5. The minimum atomic E-state index is -0.0996. The summed E-state index contributed by atoms with van der Waals surface area (Å²) in [6.07, 6.45) is 4.82. The van der Waals surface area contributed by atoms with Crippen LogP contribution in [-0.4, -0.2) is 34.9 Å². The molecule has 2 amide bonds. The highest BCUT2D eigenvalue weighted by molar-refractivity contribution is 5.74. The molecule has 0 spiro atoms. The summed E-state index contributed by atoms with van der Waals surface area (Å²) in [6, 6.07) is 4.38. The van der Waals surface area contributed by atoms with Crippen molar-refractivity contribution in [1.82, 2.24) is 20.4 Å². The lowest BCUT2D eigenvalue weighted by Crippen LogP contribution is -2.43. The predicted octanol–water partition coefficient (Wildman–Crippen LogP) is 2.42.